The molecule has 0 saturated carbocycles. The van der Waals surface area contributed by atoms with Crippen molar-refractivity contribution in [1.82, 2.24) is 4.98 Å². The number of thiazole rings is 1. The molecule has 3 rings (SSSR count). The lowest BCUT2D eigenvalue weighted by Crippen LogP contribution is -1.85. The number of hydrogen-bond acceptors (Lipinski definition) is 2. The minimum atomic E-state index is -0.229. The summed E-state index contributed by atoms with van der Waals surface area (Å²) in [6.45, 7) is 1.95. The van der Waals surface area contributed by atoms with Crippen LogP contribution in [0.15, 0.2) is 52.3 Å². The van der Waals surface area contributed by atoms with Crippen LogP contribution >= 0.6 is 27.3 Å². The Morgan fingerprint density at radius 1 is 1.10 bits per heavy atom. The van der Waals surface area contributed by atoms with Crippen LogP contribution in [0.25, 0.3) is 21.8 Å². The van der Waals surface area contributed by atoms with Gasteiger partial charge in [-0.3, -0.25) is 0 Å². The molecule has 0 aliphatic rings. The van der Waals surface area contributed by atoms with Crippen LogP contribution in [-0.4, -0.2) is 4.98 Å². The smallest absolute Gasteiger partial charge is 0.133 e. The van der Waals surface area contributed by atoms with Crippen molar-refractivity contribution in [3.63, 3.8) is 0 Å². The molecule has 2 aromatic carbocycles. The topological polar surface area (TPSA) is 12.9 Å². The van der Waals surface area contributed by atoms with E-state index in [2.05, 4.69) is 20.9 Å². The van der Waals surface area contributed by atoms with Gasteiger partial charge in [-0.15, -0.1) is 11.3 Å². The number of aromatic nitrogens is 1. The first-order valence-electron chi connectivity index (χ1n) is 6.11. The molecule has 1 aromatic heterocycles. The van der Waals surface area contributed by atoms with E-state index in [9.17, 15) is 4.39 Å². The third kappa shape index (κ3) is 2.67. The summed E-state index contributed by atoms with van der Waals surface area (Å²) < 4.78 is 14.9. The molecule has 0 N–H and O–H groups in total. The summed E-state index contributed by atoms with van der Waals surface area (Å²) in [7, 11) is 0. The molecule has 0 fully saturated rings. The number of halogens is 2. The van der Waals surface area contributed by atoms with Crippen LogP contribution < -0.4 is 0 Å². The van der Waals surface area contributed by atoms with Gasteiger partial charge in [0.25, 0.3) is 0 Å². The summed E-state index contributed by atoms with van der Waals surface area (Å²) in [5, 5.41) is 2.67. The van der Waals surface area contributed by atoms with E-state index >= 15 is 0 Å². The van der Waals surface area contributed by atoms with Gasteiger partial charge < -0.3 is 0 Å². The molecular formula is C16H11BrFNS. The van der Waals surface area contributed by atoms with Crippen LogP contribution in [0.1, 0.15) is 5.56 Å². The van der Waals surface area contributed by atoms with Crippen LogP contribution in [0, 0.1) is 12.7 Å². The zero-order valence-corrected chi connectivity index (χ0v) is 13.1. The first kappa shape index (κ1) is 13.5. The molecule has 0 aliphatic heterocycles. The van der Waals surface area contributed by atoms with Gasteiger partial charge >= 0.3 is 0 Å². The Labute approximate surface area is 129 Å². The third-order valence-electron chi connectivity index (χ3n) is 3.00. The van der Waals surface area contributed by atoms with E-state index in [1.165, 1.54) is 17.4 Å². The standard InChI is InChI=1S/C16H11BrFNS/c1-10-2-7-14(18)13(8-10)16-19-15(9-20-16)11-3-5-12(17)6-4-11/h2-9H,1H3. The Kier molecular flexibility index (Phi) is 3.68. The van der Waals surface area contributed by atoms with E-state index in [1.807, 2.05) is 42.6 Å². The normalized spacial score (nSPS) is 10.8. The maximum atomic E-state index is 13.9. The molecule has 4 heteroatoms. The van der Waals surface area contributed by atoms with E-state index in [0.717, 1.165) is 21.3 Å². The average molecular weight is 348 g/mol. The highest BCUT2D eigenvalue weighted by Gasteiger charge is 2.11. The molecule has 100 valence electrons. The van der Waals surface area contributed by atoms with Gasteiger partial charge in [-0.05, 0) is 31.2 Å². The molecule has 0 spiro atoms. The van der Waals surface area contributed by atoms with Gasteiger partial charge in [0.1, 0.15) is 10.8 Å². The van der Waals surface area contributed by atoms with Gasteiger partial charge in [-0.25, -0.2) is 9.37 Å². The molecule has 0 atom stereocenters. The SMILES string of the molecule is Cc1ccc(F)c(-c2nc(-c3ccc(Br)cc3)cs2)c1. The van der Waals surface area contributed by atoms with Crippen molar-refractivity contribution in [2.75, 3.05) is 0 Å². The highest BCUT2D eigenvalue weighted by atomic mass is 79.9. The molecule has 0 saturated heterocycles. The molecule has 0 unspecified atom stereocenters. The first-order chi connectivity index (χ1) is 9.63. The second-order valence-electron chi connectivity index (χ2n) is 4.53. The highest BCUT2D eigenvalue weighted by Crippen LogP contribution is 2.31. The van der Waals surface area contributed by atoms with Crippen molar-refractivity contribution < 1.29 is 4.39 Å². The molecule has 0 bridgehead atoms. The van der Waals surface area contributed by atoms with E-state index in [0.29, 0.717) is 10.6 Å². The molecule has 0 aliphatic carbocycles. The Morgan fingerprint density at radius 3 is 2.60 bits per heavy atom. The van der Waals surface area contributed by atoms with Crippen molar-refractivity contribution in [3.05, 3.63) is 63.7 Å². The van der Waals surface area contributed by atoms with Gasteiger partial charge in [-0.1, -0.05) is 39.7 Å². The van der Waals surface area contributed by atoms with Crippen LogP contribution in [0.4, 0.5) is 4.39 Å². The van der Waals surface area contributed by atoms with E-state index in [-0.39, 0.29) is 5.82 Å². The van der Waals surface area contributed by atoms with E-state index in [4.69, 9.17) is 0 Å². The van der Waals surface area contributed by atoms with Crippen LogP contribution in [0.5, 0.6) is 0 Å². The number of benzene rings is 2. The molecule has 1 nitrogen and oxygen atoms in total. The van der Waals surface area contributed by atoms with Gasteiger partial charge in [-0.2, -0.15) is 0 Å². The lowest BCUT2D eigenvalue weighted by Gasteiger charge is -2.01. The molecular weight excluding hydrogens is 337 g/mol. The lowest BCUT2D eigenvalue weighted by atomic mass is 10.1. The maximum Gasteiger partial charge on any atom is 0.133 e. The second-order valence-corrected chi connectivity index (χ2v) is 6.30. The largest absolute Gasteiger partial charge is 0.236 e. The van der Waals surface area contributed by atoms with Crippen LogP contribution in [0.2, 0.25) is 0 Å². The fourth-order valence-corrected chi connectivity index (χ4v) is 3.06. The second kappa shape index (κ2) is 5.46. The molecule has 0 radical (unpaired) electrons. The Bertz CT molecular complexity index is 749. The summed E-state index contributed by atoms with van der Waals surface area (Å²) in [6.07, 6.45) is 0. The van der Waals surface area contributed by atoms with Gasteiger partial charge in [0.05, 0.1) is 5.69 Å². The number of aryl methyl sites for hydroxylation is 1. The zero-order chi connectivity index (χ0) is 14.1. The Hall–Kier alpha value is -1.52. The predicted octanol–water partition coefficient (Wildman–Crippen LogP) is 5.69. The van der Waals surface area contributed by atoms with Crippen molar-refractivity contribution in [1.29, 1.82) is 0 Å². The summed E-state index contributed by atoms with van der Waals surface area (Å²) in [5.41, 5.74) is 3.50. The van der Waals surface area contributed by atoms with Gasteiger partial charge in [0.2, 0.25) is 0 Å². The fraction of sp³-hybridized carbons (Fsp3) is 0.0625. The number of rotatable bonds is 2. The maximum absolute atomic E-state index is 13.9. The van der Waals surface area contributed by atoms with Crippen molar-refractivity contribution in [2.45, 2.75) is 6.92 Å². The minimum Gasteiger partial charge on any atom is -0.236 e. The highest BCUT2D eigenvalue weighted by molar-refractivity contribution is 9.10. The summed E-state index contributed by atoms with van der Waals surface area (Å²) in [4.78, 5) is 4.55. The fourth-order valence-electron chi connectivity index (χ4n) is 1.95. The summed E-state index contributed by atoms with van der Waals surface area (Å²) in [6, 6.07) is 13.0. The summed E-state index contributed by atoms with van der Waals surface area (Å²) >= 11 is 4.87. The lowest BCUT2D eigenvalue weighted by molar-refractivity contribution is 0.631. The van der Waals surface area contributed by atoms with Gasteiger partial charge in [0.15, 0.2) is 0 Å². The Balaban J connectivity index is 2.01. The monoisotopic (exact) mass is 347 g/mol. The van der Waals surface area contributed by atoms with Crippen molar-refractivity contribution in [3.8, 4) is 21.8 Å². The molecule has 20 heavy (non-hydrogen) atoms. The number of hydrogen-bond donors (Lipinski definition) is 0. The van der Waals surface area contributed by atoms with E-state index < -0.39 is 0 Å². The van der Waals surface area contributed by atoms with Crippen molar-refractivity contribution >= 4 is 27.3 Å². The third-order valence-corrected chi connectivity index (χ3v) is 4.40. The Morgan fingerprint density at radius 2 is 1.85 bits per heavy atom. The van der Waals surface area contributed by atoms with Crippen LogP contribution in [-0.2, 0) is 0 Å². The minimum absolute atomic E-state index is 0.229. The van der Waals surface area contributed by atoms with E-state index in [1.54, 1.807) is 6.07 Å². The molecule has 0 amide bonds. The van der Waals surface area contributed by atoms with Crippen molar-refractivity contribution in [2.24, 2.45) is 0 Å². The predicted molar refractivity (Wildman–Crippen MR) is 85.4 cm³/mol. The van der Waals surface area contributed by atoms with Crippen LogP contribution in [0.3, 0.4) is 0 Å². The zero-order valence-electron chi connectivity index (χ0n) is 10.7. The summed E-state index contributed by atoms with van der Waals surface area (Å²) in [5.74, 6) is -0.229. The quantitative estimate of drug-likeness (QED) is 0.580. The van der Waals surface area contributed by atoms with Gasteiger partial charge in [0, 0.05) is 21.0 Å². The average Bonchev–Trinajstić information content (AvgIpc) is 2.92. The number of nitrogens with zero attached hydrogens (tertiary/aromatic N) is 1. The first-order valence-corrected chi connectivity index (χ1v) is 7.79. The molecule has 3 aromatic rings. The molecule has 1 heterocycles.